The Morgan fingerprint density at radius 1 is 1.10 bits per heavy atom. The fourth-order valence-corrected chi connectivity index (χ4v) is 3.83. The minimum atomic E-state index is -0.167. The van der Waals surface area contributed by atoms with E-state index < -0.39 is 0 Å². The van der Waals surface area contributed by atoms with Gasteiger partial charge in [-0.2, -0.15) is 0 Å². The van der Waals surface area contributed by atoms with Crippen molar-refractivity contribution in [1.82, 2.24) is 25.0 Å². The van der Waals surface area contributed by atoms with Crippen molar-refractivity contribution < 1.29 is 9.21 Å². The molecule has 2 aromatic carbocycles. The van der Waals surface area contributed by atoms with Crippen molar-refractivity contribution in [3.63, 3.8) is 0 Å². The maximum absolute atomic E-state index is 12.2. The van der Waals surface area contributed by atoms with Gasteiger partial charge in [-0.1, -0.05) is 23.4 Å². The fraction of sp³-hybridized carbons (Fsp3) is 0.105. The first-order chi connectivity index (χ1) is 14.6. The number of amides is 1. The van der Waals surface area contributed by atoms with Gasteiger partial charge in [0.25, 0.3) is 5.22 Å². The number of hydrogen-bond donors (Lipinski definition) is 1. The first-order valence-corrected chi connectivity index (χ1v) is 10.9. The number of hydrogen-bond acceptors (Lipinski definition) is 8. The molecule has 8 nitrogen and oxygen atoms in total. The lowest BCUT2D eigenvalue weighted by Gasteiger charge is -2.05. The lowest BCUT2D eigenvalue weighted by Crippen LogP contribution is -2.13. The van der Waals surface area contributed by atoms with Crippen molar-refractivity contribution in [2.24, 2.45) is 7.05 Å². The second kappa shape index (κ2) is 9.33. The molecule has 30 heavy (non-hydrogen) atoms. The SMILES string of the molecule is Cn1cnnc1Sc1ccc(NC(=O)CSc2nnc(-c3ccc(Cl)cc3)o2)cc1. The molecule has 11 heteroatoms. The third-order valence-corrected chi connectivity index (χ3v) is 5.97. The Morgan fingerprint density at radius 2 is 1.87 bits per heavy atom. The normalized spacial score (nSPS) is 10.9. The molecule has 152 valence electrons. The van der Waals surface area contributed by atoms with Crippen LogP contribution in [-0.2, 0) is 11.8 Å². The predicted molar refractivity (Wildman–Crippen MR) is 116 cm³/mol. The van der Waals surface area contributed by atoms with E-state index in [0.29, 0.717) is 21.8 Å². The highest BCUT2D eigenvalue weighted by Crippen LogP contribution is 2.27. The molecule has 0 aliphatic rings. The van der Waals surface area contributed by atoms with Crippen molar-refractivity contribution in [2.75, 3.05) is 11.1 Å². The number of nitrogens with zero attached hydrogens (tertiary/aromatic N) is 5. The van der Waals surface area contributed by atoms with E-state index in [0.717, 1.165) is 15.6 Å². The fourth-order valence-electron chi connectivity index (χ4n) is 2.38. The van der Waals surface area contributed by atoms with Crippen LogP contribution in [0.15, 0.2) is 74.6 Å². The minimum absolute atomic E-state index is 0.150. The van der Waals surface area contributed by atoms with Gasteiger partial charge in [-0.25, -0.2) is 0 Å². The van der Waals surface area contributed by atoms with Gasteiger partial charge in [0.1, 0.15) is 6.33 Å². The summed E-state index contributed by atoms with van der Waals surface area (Å²) in [5.41, 5.74) is 1.47. The molecule has 0 atom stereocenters. The number of rotatable bonds is 7. The summed E-state index contributed by atoms with van der Waals surface area (Å²) in [4.78, 5) is 13.2. The number of carbonyl (C=O) groups excluding carboxylic acids is 1. The molecule has 0 radical (unpaired) electrons. The molecule has 2 aromatic heterocycles. The predicted octanol–water partition coefficient (Wildman–Crippen LogP) is 4.40. The summed E-state index contributed by atoms with van der Waals surface area (Å²) in [7, 11) is 1.89. The van der Waals surface area contributed by atoms with Crippen LogP contribution in [-0.4, -0.2) is 36.6 Å². The molecule has 0 fully saturated rings. The Bertz CT molecular complexity index is 1140. The summed E-state index contributed by atoms with van der Waals surface area (Å²) >= 11 is 8.55. The van der Waals surface area contributed by atoms with Crippen LogP contribution < -0.4 is 5.32 Å². The monoisotopic (exact) mass is 458 g/mol. The number of thioether (sulfide) groups is 1. The molecular formula is C19H15ClN6O2S2. The van der Waals surface area contributed by atoms with Crippen molar-refractivity contribution in [3.05, 3.63) is 59.9 Å². The highest BCUT2D eigenvalue weighted by molar-refractivity contribution is 7.99. The number of carbonyl (C=O) groups is 1. The summed E-state index contributed by atoms with van der Waals surface area (Å²) in [5.74, 6) is 0.364. The summed E-state index contributed by atoms with van der Waals surface area (Å²) in [5, 5.41) is 20.4. The molecule has 0 spiro atoms. The van der Waals surface area contributed by atoms with E-state index in [2.05, 4.69) is 25.7 Å². The Morgan fingerprint density at radius 3 is 2.57 bits per heavy atom. The molecule has 0 bridgehead atoms. The topological polar surface area (TPSA) is 98.7 Å². The van der Waals surface area contributed by atoms with Gasteiger partial charge in [0, 0.05) is 28.2 Å². The molecule has 4 rings (SSSR count). The summed E-state index contributed by atoms with van der Waals surface area (Å²) in [6, 6.07) is 14.6. The van der Waals surface area contributed by atoms with E-state index in [1.165, 1.54) is 23.5 Å². The largest absolute Gasteiger partial charge is 0.411 e. The Labute approximate surface area is 185 Å². The van der Waals surface area contributed by atoms with Gasteiger partial charge in [-0.05, 0) is 60.3 Å². The van der Waals surface area contributed by atoms with Crippen LogP contribution in [0.5, 0.6) is 0 Å². The molecular weight excluding hydrogens is 444 g/mol. The molecule has 1 amide bonds. The van der Waals surface area contributed by atoms with Crippen molar-refractivity contribution >= 4 is 46.7 Å². The first-order valence-electron chi connectivity index (χ1n) is 8.71. The van der Waals surface area contributed by atoms with Crippen LogP contribution in [0.2, 0.25) is 5.02 Å². The van der Waals surface area contributed by atoms with Crippen LogP contribution in [0.1, 0.15) is 0 Å². The lowest BCUT2D eigenvalue weighted by molar-refractivity contribution is -0.113. The zero-order chi connectivity index (χ0) is 20.9. The Balaban J connectivity index is 1.29. The van der Waals surface area contributed by atoms with E-state index in [1.54, 1.807) is 30.6 Å². The zero-order valence-corrected chi connectivity index (χ0v) is 18.0. The van der Waals surface area contributed by atoms with Crippen LogP contribution in [0.4, 0.5) is 5.69 Å². The number of aryl methyl sites for hydroxylation is 1. The van der Waals surface area contributed by atoms with Gasteiger partial charge < -0.3 is 14.3 Å². The van der Waals surface area contributed by atoms with Gasteiger partial charge >= 0.3 is 0 Å². The molecule has 2 heterocycles. The highest BCUT2D eigenvalue weighted by Gasteiger charge is 2.12. The molecule has 0 aliphatic carbocycles. The van der Waals surface area contributed by atoms with Crippen molar-refractivity contribution in [2.45, 2.75) is 15.3 Å². The summed E-state index contributed by atoms with van der Waals surface area (Å²) in [6.45, 7) is 0. The van der Waals surface area contributed by atoms with Gasteiger partial charge in [0.05, 0.1) is 5.75 Å². The number of aromatic nitrogens is 5. The molecule has 4 aromatic rings. The zero-order valence-electron chi connectivity index (χ0n) is 15.7. The van der Waals surface area contributed by atoms with E-state index in [9.17, 15) is 4.79 Å². The number of nitrogens with one attached hydrogen (secondary N) is 1. The van der Waals surface area contributed by atoms with Crippen molar-refractivity contribution in [3.8, 4) is 11.5 Å². The van der Waals surface area contributed by atoms with Crippen LogP contribution in [0.25, 0.3) is 11.5 Å². The van der Waals surface area contributed by atoms with Crippen molar-refractivity contribution in [1.29, 1.82) is 0 Å². The Hall–Kier alpha value is -2.82. The highest BCUT2D eigenvalue weighted by atomic mass is 35.5. The van der Waals surface area contributed by atoms with Gasteiger partial charge in [0.15, 0.2) is 5.16 Å². The van der Waals surface area contributed by atoms with Crippen LogP contribution in [0.3, 0.4) is 0 Å². The van der Waals surface area contributed by atoms with Gasteiger partial charge in [0.2, 0.25) is 11.8 Å². The molecule has 1 N–H and O–H groups in total. The van der Waals surface area contributed by atoms with Crippen LogP contribution in [0, 0.1) is 0 Å². The smallest absolute Gasteiger partial charge is 0.277 e. The average molecular weight is 459 g/mol. The standard InChI is InChI=1S/C19H15ClN6O2S2/c1-26-11-21-24-18(26)30-15-8-6-14(7-9-15)22-16(27)10-29-19-25-23-17(28-19)12-2-4-13(20)5-3-12/h2-9,11H,10H2,1H3,(H,22,27). The summed E-state index contributed by atoms with van der Waals surface area (Å²) < 4.78 is 7.43. The third-order valence-electron chi connectivity index (χ3n) is 3.84. The number of halogens is 1. The summed E-state index contributed by atoms with van der Waals surface area (Å²) in [6.07, 6.45) is 1.65. The molecule has 0 unspecified atom stereocenters. The quantitative estimate of drug-likeness (QED) is 0.407. The van der Waals surface area contributed by atoms with E-state index in [-0.39, 0.29) is 11.7 Å². The third kappa shape index (κ3) is 5.21. The number of anilines is 1. The Kier molecular flexibility index (Phi) is 6.36. The van der Waals surface area contributed by atoms with E-state index in [4.69, 9.17) is 16.0 Å². The molecule has 0 aliphatic heterocycles. The van der Waals surface area contributed by atoms with Gasteiger partial charge in [-0.3, -0.25) is 4.79 Å². The van der Waals surface area contributed by atoms with Gasteiger partial charge in [-0.15, -0.1) is 20.4 Å². The van der Waals surface area contributed by atoms with E-state index in [1.807, 2.05) is 35.9 Å². The van der Waals surface area contributed by atoms with E-state index >= 15 is 0 Å². The second-order valence-electron chi connectivity index (χ2n) is 6.07. The maximum atomic E-state index is 12.2. The van der Waals surface area contributed by atoms with Crippen LogP contribution >= 0.6 is 35.1 Å². The average Bonchev–Trinajstić information content (AvgIpc) is 3.38. The number of benzene rings is 2. The molecule has 0 saturated heterocycles. The minimum Gasteiger partial charge on any atom is -0.411 e. The first kappa shape index (κ1) is 20.5. The second-order valence-corrected chi connectivity index (χ2v) is 8.47. The molecule has 0 saturated carbocycles. The lowest BCUT2D eigenvalue weighted by atomic mass is 10.2. The maximum Gasteiger partial charge on any atom is 0.277 e.